The molecule has 0 aliphatic carbocycles. The molecule has 1 aromatic carbocycles. The van der Waals surface area contributed by atoms with Gasteiger partial charge >= 0.3 is 5.97 Å². The van der Waals surface area contributed by atoms with Crippen LogP contribution in [0.3, 0.4) is 0 Å². The highest BCUT2D eigenvalue weighted by Gasteiger charge is 2.28. The van der Waals surface area contributed by atoms with Crippen molar-refractivity contribution in [2.45, 2.75) is 25.9 Å². The third kappa shape index (κ3) is 3.88. The largest absolute Gasteiger partial charge is 0.490 e. The number of rotatable bonds is 5. The minimum absolute atomic E-state index is 0.260. The normalized spacial score (nSPS) is 14.2. The molecule has 1 aromatic rings. The van der Waals surface area contributed by atoms with Crippen molar-refractivity contribution in [1.82, 2.24) is 0 Å². The first-order chi connectivity index (χ1) is 7.41. The number of carboxylic acid groups (broad SMARTS) is 1. The number of aryl methyl sites for hydroxylation is 1. The zero-order valence-electron chi connectivity index (χ0n) is 9.37. The van der Waals surface area contributed by atoms with Crippen LogP contribution in [0.2, 0.25) is 0 Å². The van der Waals surface area contributed by atoms with E-state index in [-0.39, 0.29) is 6.61 Å². The van der Waals surface area contributed by atoms with Gasteiger partial charge in [0.25, 0.3) is 0 Å². The number of carbonyl (C=O) groups is 1. The summed E-state index contributed by atoms with van der Waals surface area (Å²) in [5.41, 5.74) is -0.956. The summed E-state index contributed by atoms with van der Waals surface area (Å²) in [5.74, 6) is -0.588. The van der Waals surface area contributed by atoms with E-state index in [0.717, 1.165) is 5.56 Å². The number of para-hydroxylation sites is 1. The molecule has 1 rings (SSSR count). The van der Waals surface area contributed by atoms with Gasteiger partial charge in [0.2, 0.25) is 0 Å². The van der Waals surface area contributed by atoms with Gasteiger partial charge < -0.3 is 9.84 Å². The topological polar surface area (TPSA) is 46.5 Å². The standard InChI is InChI=1S/C12H15FO3/c1-9-5-3-4-6-10(9)16-8-12(2,13)7-11(14)15/h3-6H,7-8H2,1-2H3,(H,14,15). The van der Waals surface area contributed by atoms with Gasteiger partial charge in [0.15, 0.2) is 5.67 Å². The van der Waals surface area contributed by atoms with Crippen molar-refractivity contribution in [3.05, 3.63) is 29.8 Å². The second-order valence-electron chi connectivity index (χ2n) is 4.04. The summed E-state index contributed by atoms with van der Waals surface area (Å²) in [6, 6.07) is 7.22. The van der Waals surface area contributed by atoms with Gasteiger partial charge in [-0.15, -0.1) is 0 Å². The average molecular weight is 226 g/mol. The predicted molar refractivity (Wildman–Crippen MR) is 58.4 cm³/mol. The number of halogens is 1. The average Bonchev–Trinajstić information content (AvgIpc) is 2.14. The van der Waals surface area contributed by atoms with Crippen molar-refractivity contribution in [2.24, 2.45) is 0 Å². The Bertz CT molecular complexity index is 374. The van der Waals surface area contributed by atoms with E-state index in [1.54, 1.807) is 12.1 Å². The summed E-state index contributed by atoms with van der Waals surface area (Å²) in [5, 5.41) is 8.51. The fourth-order valence-electron chi connectivity index (χ4n) is 1.31. The summed E-state index contributed by atoms with van der Waals surface area (Å²) in [7, 11) is 0. The van der Waals surface area contributed by atoms with E-state index in [2.05, 4.69) is 0 Å². The number of benzene rings is 1. The molecule has 88 valence electrons. The maximum absolute atomic E-state index is 13.7. The third-order valence-electron chi connectivity index (χ3n) is 2.14. The quantitative estimate of drug-likeness (QED) is 0.839. The zero-order valence-corrected chi connectivity index (χ0v) is 9.37. The fraction of sp³-hybridized carbons (Fsp3) is 0.417. The summed E-state index contributed by atoms with van der Waals surface area (Å²) in [6.45, 7) is 2.81. The molecule has 0 amide bonds. The van der Waals surface area contributed by atoms with Crippen molar-refractivity contribution in [3.63, 3.8) is 0 Å². The summed E-state index contributed by atoms with van der Waals surface area (Å²) in [6.07, 6.45) is -0.557. The van der Waals surface area contributed by atoms with Crippen LogP contribution in [0.5, 0.6) is 5.75 Å². The van der Waals surface area contributed by atoms with E-state index in [1.807, 2.05) is 19.1 Å². The Balaban J connectivity index is 2.57. The smallest absolute Gasteiger partial charge is 0.306 e. The Morgan fingerprint density at radius 3 is 2.69 bits per heavy atom. The Kier molecular flexibility index (Phi) is 3.88. The second-order valence-corrected chi connectivity index (χ2v) is 4.04. The molecule has 1 unspecified atom stereocenters. The van der Waals surface area contributed by atoms with E-state index in [9.17, 15) is 9.18 Å². The van der Waals surface area contributed by atoms with Gasteiger partial charge in [-0.3, -0.25) is 4.79 Å². The Morgan fingerprint density at radius 2 is 2.12 bits per heavy atom. The van der Waals surface area contributed by atoms with Crippen molar-refractivity contribution in [3.8, 4) is 5.75 Å². The summed E-state index contributed by atoms with van der Waals surface area (Å²) >= 11 is 0. The molecule has 16 heavy (non-hydrogen) atoms. The minimum Gasteiger partial charge on any atom is -0.490 e. The number of carboxylic acids is 1. The Morgan fingerprint density at radius 1 is 1.50 bits per heavy atom. The van der Waals surface area contributed by atoms with Crippen molar-refractivity contribution < 1.29 is 19.0 Å². The van der Waals surface area contributed by atoms with Gasteiger partial charge in [-0.2, -0.15) is 0 Å². The van der Waals surface area contributed by atoms with E-state index in [0.29, 0.717) is 5.75 Å². The molecule has 1 N–H and O–H groups in total. The van der Waals surface area contributed by atoms with Crippen molar-refractivity contribution >= 4 is 5.97 Å². The molecule has 0 bridgehead atoms. The van der Waals surface area contributed by atoms with Crippen LogP contribution < -0.4 is 4.74 Å². The molecule has 0 aliphatic rings. The molecule has 0 spiro atoms. The van der Waals surface area contributed by atoms with Crippen LogP contribution in [0, 0.1) is 6.92 Å². The van der Waals surface area contributed by atoms with Gasteiger partial charge in [-0.25, -0.2) is 4.39 Å². The maximum atomic E-state index is 13.7. The number of hydrogen-bond donors (Lipinski definition) is 1. The fourth-order valence-corrected chi connectivity index (χ4v) is 1.31. The molecule has 4 heteroatoms. The molecule has 0 radical (unpaired) electrons. The predicted octanol–water partition coefficient (Wildman–Crippen LogP) is 2.58. The molecule has 0 aliphatic heterocycles. The lowest BCUT2D eigenvalue weighted by Gasteiger charge is -2.19. The summed E-state index contributed by atoms with van der Waals surface area (Å²) < 4.78 is 18.9. The molecule has 3 nitrogen and oxygen atoms in total. The van der Waals surface area contributed by atoms with E-state index in [1.165, 1.54) is 6.92 Å². The first-order valence-electron chi connectivity index (χ1n) is 5.00. The number of hydrogen-bond acceptors (Lipinski definition) is 2. The van der Waals surface area contributed by atoms with Gasteiger partial charge in [0.05, 0.1) is 6.42 Å². The van der Waals surface area contributed by atoms with Crippen molar-refractivity contribution in [2.75, 3.05) is 6.61 Å². The monoisotopic (exact) mass is 226 g/mol. The minimum atomic E-state index is -1.85. The molecule has 0 aromatic heterocycles. The number of alkyl halides is 1. The molecule has 0 heterocycles. The summed E-state index contributed by atoms with van der Waals surface area (Å²) in [4.78, 5) is 10.4. The Labute approximate surface area is 93.9 Å². The molecular weight excluding hydrogens is 211 g/mol. The third-order valence-corrected chi connectivity index (χ3v) is 2.14. The molecule has 0 saturated heterocycles. The van der Waals surface area contributed by atoms with Crippen LogP contribution >= 0.6 is 0 Å². The highest BCUT2D eigenvalue weighted by molar-refractivity contribution is 5.68. The molecule has 0 saturated carbocycles. The van der Waals surface area contributed by atoms with Gasteiger partial charge in [0.1, 0.15) is 12.4 Å². The molecular formula is C12H15FO3. The van der Waals surface area contributed by atoms with E-state index in [4.69, 9.17) is 9.84 Å². The lowest BCUT2D eigenvalue weighted by atomic mass is 10.1. The van der Waals surface area contributed by atoms with Gasteiger partial charge in [-0.05, 0) is 25.5 Å². The number of aliphatic carboxylic acids is 1. The molecule has 0 fully saturated rings. The van der Waals surface area contributed by atoms with Crippen LogP contribution in [0.25, 0.3) is 0 Å². The highest BCUT2D eigenvalue weighted by Crippen LogP contribution is 2.21. The number of ether oxygens (including phenoxy) is 1. The van der Waals surface area contributed by atoms with E-state index >= 15 is 0 Å². The van der Waals surface area contributed by atoms with Crippen LogP contribution in [0.4, 0.5) is 4.39 Å². The van der Waals surface area contributed by atoms with Gasteiger partial charge in [0, 0.05) is 0 Å². The van der Waals surface area contributed by atoms with Gasteiger partial charge in [-0.1, -0.05) is 18.2 Å². The van der Waals surface area contributed by atoms with Crippen LogP contribution in [-0.4, -0.2) is 23.4 Å². The lowest BCUT2D eigenvalue weighted by molar-refractivity contribution is -0.140. The molecule has 1 atom stereocenters. The first kappa shape index (κ1) is 12.5. The van der Waals surface area contributed by atoms with Crippen LogP contribution in [-0.2, 0) is 4.79 Å². The lowest BCUT2D eigenvalue weighted by Crippen LogP contribution is -2.30. The maximum Gasteiger partial charge on any atom is 0.306 e. The van der Waals surface area contributed by atoms with E-state index < -0.39 is 18.1 Å². The SMILES string of the molecule is Cc1ccccc1OCC(C)(F)CC(=O)O. The first-order valence-corrected chi connectivity index (χ1v) is 5.00. The van der Waals surface area contributed by atoms with Crippen LogP contribution in [0.1, 0.15) is 18.9 Å². The highest BCUT2D eigenvalue weighted by atomic mass is 19.1. The Hall–Kier alpha value is -1.58. The van der Waals surface area contributed by atoms with Crippen LogP contribution in [0.15, 0.2) is 24.3 Å². The zero-order chi connectivity index (χ0) is 12.2. The van der Waals surface area contributed by atoms with Crippen molar-refractivity contribution in [1.29, 1.82) is 0 Å². The second kappa shape index (κ2) is 4.96.